The fraction of sp³-hybridized carbons (Fsp3) is 0.105. The van der Waals surface area contributed by atoms with Crippen molar-refractivity contribution in [3.05, 3.63) is 66.3 Å². The second-order valence-corrected chi connectivity index (χ2v) is 6.79. The van der Waals surface area contributed by atoms with Gasteiger partial charge in [-0.2, -0.15) is 0 Å². The lowest BCUT2D eigenvalue weighted by molar-refractivity contribution is 0.415. The third-order valence-corrected chi connectivity index (χ3v) is 4.96. The summed E-state index contributed by atoms with van der Waals surface area (Å²) in [4.78, 5) is 4.38. The van der Waals surface area contributed by atoms with Crippen LogP contribution in [0.5, 0.6) is 5.75 Å². The average Bonchev–Trinajstić information content (AvgIpc) is 3.33. The van der Waals surface area contributed by atoms with Gasteiger partial charge in [0.15, 0.2) is 5.82 Å². The number of hydrogen-bond donors (Lipinski definition) is 1. The Morgan fingerprint density at radius 3 is 2.71 bits per heavy atom. The van der Waals surface area contributed by atoms with E-state index in [9.17, 15) is 4.39 Å². The van der Waals surface area contributed by atoms with Gasteiger partial charge in [0.1, 0.15) is 17.8 Å². The predicted molar refractivity (Wildman–Crippen MR) is 104 cm³/mol. The highest BCUT2D eigenvalue weighted by atomic mass is 32.2. The van der Waals surface area contributed by atoms with Gasteiger partial charge in [-0.25, -0.2) is 14.1 Å². The molecule has 142 valence electrons. The number of oxazole rings is 1. The largest absolute Gasteiger partial charge is 0.497 e. The maximum Gasteiger partial charge on any atom is 0.226 e. The monoisotopic (exact) mass is 397 g/mol. The molecule has 2 heterocycles. The number of ether oxygens (including phenoxy) is 1. The zero-order chi connectivity index (χ0) is 19.5. The minimum absolute atomic E-state index is 0.339. The summed E-state index contributed by atoms with van der Waals surface area (Å²) in [6.07, 6.45) is 1.54. The summed E-state index contributed by atoms with van der Waals surface area (Å²) in [6.45, 7) is 0. The van der Waals surface area contributed by atoms with Gasteiger partial charge in [-0.05, 0) is 42.5 Å². The number of methoxy groups -OCH3 is 1. The van der Waals surface area contributed by atoms with Crippen LogP contribution in [0.1, 0.15) is 5.69 Å². The first-order valence-corrected chi connectivity index (χ1v) is 9.30. The maximum atomic E-state index is 13.3. The molecule has 4 rings (SSSR count). The smallest absolute Gasteiger partial charge is 0.226 e. The van der Waals surface area contributed by atoms with Crippen LogP contribution < -0.4 is 10.6 Å². The molecule has 0 saturated heterocycles. The molecule has 4 aromatic rings. The molecule has 0 atom stereocenters. The van der Waals surface area contributed by atoms with Crippen molar-refractivity contribution in [1.29, 1.82) is 0 Å². The summed E-state index contributed by atoms with van der Waals surface area (Å²) in [5.41, 5.74) is 2.11. The zero-order valence-corrected chi connectivity index (χ0v) is 15.7. The fourth-order valence-corrected chi connectivity index (χ4v) is 3.31. The van der Waals surface area contributed by atoms with Gasteiger partial charge in [0.25, 0.3) is 0 Å². The molecule has 0 radical (unpaired) electrons. The molecule has 0 aliphatic heterocycles. The molecule has 0 aliphatic carbocycles. The van der Waals surface area contributed by atoms with Crippen molar-refractivity contribution in [2.24, 2.45) is 0 Å². The van der Waals surface area contributed by atoms with Crippen LogP contribution in [0.3, 0.4) is 0 Å². The number of nitrogen functional groups attached to an aromatic ring is 1. The SMILES string of the molecule is COc1ccc(-c2nnc(SCc3coc(-c4cccc(F)c4)n3)n2N)cc1. The molecule has 0 amide bonds. The van der Waals surface area contributed by atoms with E-state index < -0.39 is 0 Å². The van der Waals surface area contributed by atoms with E-state index in [0.29, 0.717) is 33.9 Å². The molecule has 9 heteroatoms. The van der Waals surface area contributed by atoms with Gasteiger partial charge in [-0.1, -0.05) is 17.8 Å². The van der Waals surface area contributed by atoms with Crippen molar-refractivity contribution in [3.63, 3.8) is 0 Å². The third-order valence-electron chi connectivity index (χ3n) is 3.99. The van der Waals surface area contributed by atoms with Gasteiger partial charge < -0.3 is 15.0 Å². The molecule has 0 unspecified atom stereocenters. The fourth-order valence-electron chi connectivity index (χ4n) is 2.58. The van der Waals surface area contributed by atoms with Crippen molar-refractivity contribution >= 4 is 11.8 Å². The van der Waals surface area contributed by atoms with Crippen LogP contribution in [0.15, 0.2) is 64.4 Å². The van der Waals surface area contributed by atoms with Crippen LogP contribution in [-0.4, -0.2) is 27.0 Å². The van der Waals surface area contributed by atoms with E-state index in [0.717, 1.165) is 11.3 Å². The van der Waals surface area contributed by atoms with E-state index in [4.69, 9.17) is 15.0 Å². The number of thioether (sulfide) groups is 1. The third kappa shape index (κ3) is 3.70. The number of halogens is 1. The Bertz CT molecular complexity index is 1090. The summed E-state index contributed by atoms with van der Waals surface area (Å²) < 4.78 is 25.4. The van der Waals surface area contributed by atoms with Crippen LogP contribution in [0.25, 0.3) is 22.8 Å². The standard InChI is InChI=1S/C19H16FN5O2S/c1-26-16-7-5-12(6-8-16)17-23-24-19(25(17)21)28-11-15-10-27-18(22-15)13-3-2-4-14(20)9-13/h2-10H,11,21H2,1H3. The topological polar surface area (TPSA) is 92.0 Å². The molecule has 2 N–H and O–H groups in total. The molecule has 0 spiro atoms. The summed E-state index contributed by atoms with van der Waals surface area (Å²) in [6, 6.07) is 13.5. The van der Waals surface area contributed by atoms with E-state index >= 15 is 0 Å². The number of nitrogens with two attached hydrogens (primary N) is 1. The lowest BCUT2D eigenvalue weighted by Crippen LogP contribution is -2.11. The van der Waals surface area contributed by atoms with Crippen LogP contribution in [0.2, 0.25) is 0 Å². The van der Waals surface area contributed by atoms with Crippen molar-refractivity contribution in [1.82, 2.24) is 19.9 Å². The lowest BCUT2D eigenvalue weighted by atomic mass is 10.2. The van der Waals surface area contributed by atoms with Crippen molar-refractivity contribution in [2.45, 2.75) is 10.9 Å². The van der Waals surface area contributed by atoms with Crippen molar-refractivity contribution < 1.29 is 13.5 Å². The van der Waals surface area contributed by atoms with E-state index in [2.05, 4.69) is 15.2 Å². The van der Waals surface area contributed by atoms with Crippen LogP contribution in [0, 0.1) is 5.82 Å². The number of benzene rings is 2. The minimum atomic E-state index is -0.339. The molecule has 28 heavy (non-hydrogen) atoms. The van der Waals surface area contributed by atoms with Gasteiger partial charge in [0.05, 0.1) is 12.8 Å². The van der Waals surface area contributed by atoms with E-state index in [-0.39, 0.29) is 5.82 Å². The highest BCUT2D eigenvalue weighted by molar-refractivity contribution is 7.98. The van der Waals surface area contributed by atoms with Gasteiger partial charge in [-0.3, -0.25) is 0 Å². The predicted octanol–water partition coefficient (Wildman–Crippen LogP) is 3.75. The Labute approximate surface area is 164 Å². The Hall–Kier alpha value is -3.33. The summed E-state index contributed by atoms with van der Waals surface area (Å²) in [5, 5.41) is 8.84. The quantitative estimate of drug-likeness (QED) is 0.391. The highest BCUT2D eigenvalue weighted by Crippen LogP contribution is 2.27. The number of hydrogen-bond acceptors (Lipinski definition) is 7. The first-order chi connectivity index (χ1) is 13.6. The average molecular weight is 397 g/mol. The summed E-state index contributed by atoms with van der Waals surface area (Å²) in [5.74, 6) is 7.94. The van der Waals surface area contributed by atoms with Gasteiger partial charge in [0, 0.05) is 16.9 Å². The van der Waals surface area contributed by atoms with Crippen LogP contribution >= 0.6 is 11.8 Å². The highest BCUT2D eigenvalue weighted by Gasteiger charge is 2.14. The van der Waals surface area contributed by atoms with E-state index in [1.54, 1.807) is 19.2 Å². The number of aromatic nitrogens is 4. The Morgan fingerprint density at radius 2 is 1.96 bits per heavy atom. The van der Waals surface area contributed by atoms with Gasteiger partial charge in [-0.15, -0.1) is 10.2 Å². The Kier molecular flexibility index (Phi) is 4.98. The minimum Gasteiger partial charge on any atom is -0.497 e. The molecule has 7 nitrogen and oxygen atoms in total. The van der Waals surface area contributed by atoms with Crippen molar-refractivity contribution in [2.75, 3.05) is 13.0 Å². The maximum absolute atomic E-state index is 13.3. The van der Waals surface area contributed by atoms with Crippen molar-refractivity contribution in [3.8, 4) is 28.6 Å². The number of rotatable bonds is 6. The summed E-state index contributed by atoms with van der Waals surface area (Å²) >= 11 is 1.38. The van der Waals surface area contributed by atoms with Crippen LogP contribution in [-0.2, 0) is 5.75 Å². The van der Waals surface area contributed by atoms with Gasteiger partial charge in [0.2, 0.25) is 11.0 Å². The molecular formula is C19H16FN5O2S. The second-order valence-electron chi connectivity index (χ2n) is 5.85. The zero-order valence-electron chi connectivity index (χ0n) is 14.9. The molecule has 2 aromatic heterocycles. The second kappa shape index (κ2) is 7.73. The first-order valence-electron chi connectivity index (χ1n) is 8.32. The molecule has 0 aliphatic rings. The number of nitrogens with zero attached hydrogens (tertiary/aromatic N) is 4. The molecular weight excluding hydrogens is 381 g/mol. The normalized spacial score (nSPS) is 10.9. The Morgan fingerprint density at radius 1 is 1.14 bits per heavy atom. The Balaban J connectivity index is 1.46. The van der Waals surface area contributed by atoms with Gasteiger partial charge >= 0.3 is 0 Å². The van der Waals surface area contributed by atoms with E-state index in [1.165, 1.54) is 34.8 Å². The molecule has 0 saturated carbocycles. The molecule has 0 bridgehead atoms. The molecule has 2 aromatic carbocycles. The summed E-state index contributed by atoms with van der Waals surface area (Å²) in [7, 11) is 1.61. The van der Waals surface area contributed by atoms with Crippen LogP contribution in [0.4, 0.5) is 4.39 Å². The molecule has 0 fully saturated rings. The van der Waals surface area contributed by atoms with E-state index in [1.807, 2.05) is 24.3 Å². The first kappa shape index (κ1) is 18.1. The lowest BCUT2D eigenvalue weighted by Gasteiger charge is -2.04.